The summed E-state index contributed by atoms with van der Waals surface area (Å²) in [6.07, 6.45) is 1.55. The number of carbonyl (C=O) groups is 1. The highest BCUT2D eigenvalue weighted by atomic mass is 16.7. The summed E-state index contributed by atoms with van der Waals surface area (Å²) in [6, 6.07) is 1.69. The van der Waals surface area contributed by atoms with E-state index in [1.54, 1.807) is 13.2 Å². The van der Waals surface area contributed by atoms with Crippen LogP contribution in [0.4, 0.5) is 5.95 Å². The quantitative estimate of drug-likeness (QED) is 0.784. The van der Waals surface area contributed by atoms with Crippen molar-refractivity contribution in [3.05, 3.63) is 17.5 Å². The lowest BCUT2D eigenvalue weighted by atomic mass is 10.0. The predicted octanol–water partition coefficient (Wildman–Crippen LogP) is 0.505. The van der Waals surface area contributed by atoms with E-state index in [9.17, 15) is 4.79 Å². The van der Waals surface area contributed by atoms with Crippen LogP contribution in [-0.4, -0.2) is 68.2 Å². The molecular formula is C16H24N4O4. The van der Waals surface area contributed by atoms with E-state index in [4.69, 9.17) is 14.2 Å². The third kappa shape index (κ3) is 3.82. The van der Waals surface area contributed by atoms with Crippen molar-refractivity contribution in [2.75, 3.05) is 51.5 Å². The Morgan fingerprint density at radius 3 is 2.71 bits per heavy atom. The zero-order valence-electron chi connectivity index (χ0n) is 14.2. The van der Waals surface area contributed by atoms with Crippen LogP contribution in [0.25, 0.3) is 0 Å². The fourth-order valence-corrected chi connectivity index (χ4v) is 3.00. The summed E-state index contributed by atoms with van der Waals surface area (Å²) >= 11 is 0. The molecule has 3 heterocycles. The van der Waals surface area contributed by atoms with E-state index in [0.29, 0.717) is 38.0 Å². The van der Waals surface area contributed by atoms with E-state index in [-0.39, 0.29) is 5.91 Å². The van der Waals surface area contributed by atoms with Gasteiger partial charge in [0.2, 0.25) is 5.95 Å². The Hall–Kier alpha value is -1.77. The van der Waals surface area contributed by atoms with Gasteiger partial charge in [-0.2, -0.15) is 0 Å². The molecule has 1 amide bonds. The molecule has 24 heavy (non-hydrogen) atoms. The van der Waals surface area contributed by atoms with Gasteiger partial charge in [-0.3, -0.25) is 4.79 Å². The van der Waals surface area contributed by atoms with Crippen molar-refractivity contribution >= 4 is 11.9 Å². The summed E-state index contributed by atoms with van der Waals surface area (Å²) in [4.78, 5) is 23.2. The van der Waals surface area contributed by atoms with Crippen molar-refractivity contribution in [2.24, 2.45) is 0 Å². The van der Waals surface area contributed by atoms with Crippen LogP contribution in [0, 0.1) is 6.92 Å². The smallest absolute Gasteiger partial charge is 0.270 e. The number of anilines is 1. The molecule has 3 rings (SSSR count). The lowest BCUT2D eigenvalue weighted by molar-refractivity contribution is -0.169. The molecule has 0 bridgehead atoms. The SMILES string of the molecule is COCCNC(=O)c1cc(C)nc(N2CCC3(CC2)OCCO3)n1. The summed E-state index contributed by atoms with van der Waals surface area (Å²) in [7, 11) is 1.60. The summed E-state index contributed by atoms with van der Waals surface area (Å²) in [5, 5.41) is 2.78. The number of ether oxygens (including phenoxy) is 3. The molecule has 2 aliphatic rings. The highest BCUT2D eigenvalue weighted by molar-refractivity contribution is 5.92. The molecule has 1 aromatic heterocycles. The van der Waals surface area contributed by atoms with E-state index in [1.807, 2.05) is 6.92 Å². The number of methoxy groups -OCH3 is 1. The molecule has 0 aromatic carbocycles. The topological polar surface area (TPSA) is 85.8 Å². The van der Waals surface area contributed by atoms with Gasteiger partial charge in [-0.05, 0) is 13.0 Å². The van der Waals surface area contributed by atoms with Crippen LogP contribution in [0.15, 0.2) is 6.07 Å². The number of piperidine rings is 1. The van der Waals surface area contributed by atoms with Gasteiger partial charge in [-0.1, -0.05) is 0 Å². The van der Waals surface area contributed by atoms with Gasteiger partial charge in [0.15, 0.2) is 5.79 Å². The van der Waals surface area contributed by atoms with Gasteiger partial charge in [0.25, 0.3) is 5.91 Å². The number of nitrogens with zero attached hydrogens (tertiary/aromatic N) is 3. The first-order chi connectivity index (χ1) is 11.6. The van der Waals surface area contributed by atoms with Crippen LogP contribution in [-0.2, 0) is 14.2 Å². The highest BCUT2D eigenvalue weighted by Crippen LogP contribution is 2.32. The first kappa shape index (κ1) is 17.1. The van der Waals surface area contributed by atoms with E-state index >= 15 is 0 Å². The van der Waals surface area contributed by atoms with Gasteiger partial charge in [-0.15, -0.1) is 0 Å². The van der Waals surface area contributed by atoms with Gasteiger partial charge in [0.05, 0.1) is 19.8 Å². The maximum atomic E-state index is 12.2. The summed E-state index contributed by atoms with van der Waals surface area (Å²) < 4.78 is 16.4. The molecule has 0 saturated carbocycles. The van der Waals surface area contributed by atoms with Gasteiger partial charge < -0.3 is 24.4 Å². The molecule has 0 atom stereocenters. The number of amides is 1. The van der Waals surface area contributed by atoms with Gasteiger partial charge in [0, 0.05) is 45.3 Å². The molecule has 1 N–H and O–H groups in total. The van der Waals surface area contributed by atoms with Crippen LogP contribution in [0.2, 0.25) is 0 Å². The molecule has 132 valence electrons. The molecule has 1 spiro atoms. The van der Waals surface area contributed by atoms with Crippen LogP contribution in [0.3, 0.4) is 0 Å². The largest absolute Gasteiger partial charge is 0.383 e. The summed E-state index contributed by atoms with van der Waals surface area (Å²) in [5.74, 6) is -0.0600. The molecule has 2 fully saturated rings. The van der Waals surface area contributed by atoms with Crippen molar-refractivity contribution in [3.63, 3.8) is 0 Å². The molecule has 2 aliphatic heterocycles. The molecule has 0 aliphatic carbocycles. The van der Waals surface area contributed by atoms with Crippen LogP contribution in [0.5, 0.6) is 0 Å². The Morgan fingerprint density at radius 2 is 2.04 bits per heavy atom. The van der Waals surface area contributed by atoms with E-state index in [1.165, 1.54) is 0 Å². The Morgan fingerprint density at radius 1 is 1.33 bits per heavy atom. The minimum atomic E-state index is -0.430. The molecule has 1 aromatic rings. The Bertz CT molecular complexity index is 579. The average molecular weight is 336 g/mol. The van der Waals surface area contributed by atoms with E-state index < -0.39 is 5.79 Å². The number of rotatable bonds is 5. The van der Waals surface area contributed by atoms with Crippen molar-refractivity contribution in [1.82, 2.24) is 15.3 Å². The molecule has 0 unspecified atom stereocenters. The minimum Gasteiger partial charge on any atom is -0.383 e. The number of aryl methyl sites for hydroxylation is 1. The maximum Gasteiger partial charge on any atom is 0.270 e. The Labute approximate surface area is 141 Å². The van der Waals surface area contributed by atoms with Gasteiger partial charge >= 0.3 is 0 Å². The van der Waals surface area contributed by atoms with E-state index in [0.717, 1.165) is 31.6 Å². The van der Waals surface area contributed by atoms with Crippen LogP contribution < -0.4 is 10.2 Å². The fourth-order valence-electron chi connectivity index (χ4n) is 3.00. The second-order valence-electron chi connectivity index (χ2n) is 6.04. The third-order valence-corrected chi connectivity index (χ3v) is 4.29. The molecule has 0 radical (unpaired) electrons. The first-order valence-electron chi connectivity index (χ1n) is 8.28. The second-order valence-corrected chi connectivity index (χ2v) is 6.04. The lowest BCUT2D eigenvalue weighted by Gasteiger charge is -2.37. The second kappa shape index (κ2) is 7.42. The van der Waals surface area contributed by atoms with Crippen molar-refractivity contribution < 1.29 is 19.0 Å². The molecule has 2 saturated heterocycles. The first-order valence-corrected chi connectivity index (χ1v) is 8.28. The fraction of sp³-hybridized carbons (Fsp3) is 0.688. The number of hydrogen-bond acceptors (Lipinski definition) is 7. The Kier molecular flexibility index (Phi) is 5.27. The number of hydrogen-bond donors (Lipinski definition) is 1. The zero-order chi connectivity index (χ0) is 17.0. The number of carbonyl (C=O) groups excluding carboxylic acids is 1. The molecular weight excluding hydrogens is 312 g/mol. The molecule has 8 heteroatoms. The molecule has 8 nitrogen and oxygen atoms in total. The monoisotopic (exact) mass is 336 g/mol. The number of nitrogens with one attached hydrogen (secondary N) is 1. The van der Waals surface area contributed by atoms with Crippen molar-refractivity contribution in [1.29, 1.82) is 0 Å². The van der Waals surface area contributed by atoms with Gasteiger partial charge in [-0.25, -0.2) is 9.97 Å². The van der Waals surface area contributed by atoms with Crippen molar-refractivity contribution in [2.45, 2.75) is 25.6 Å². The maximum absolute atomic E-state index is 12.2. The summed E-state index contributed by atoms with van der Waals surface area (Å²) in [5.41, 5.74) is 1.15. The van der Waals surface area contributed by atoms with Gasteiger partial charge in [0.1, 0.15) is 5.69 Å². The zero-order valence-corrected chi connectivity index (χ0v) is 14.2. The normalized spacial score (nSPS) is 19.7. The third-order valence-electron chi connectivity index (χ3n) is 4.29. The number of aromatic nitrogens is 2. The minimum absolute atomic E-state index is 0.213. The lowest BCUT2D eigenvalue weighted by Crippen LogP contribution is -2.46. The highest BCUT2D eigenvalue weighted by Gasteiger charge is 2.40. The van der Waals surface area contributed by atoms with Crippen LogP contribution in [0.1, 0.15) is 29.0 Å². The van der Waals surface area contributed by atoms with Crippen molar-refractivity contribution in [3.8, 4) is 0 Å². The Balaban J connectivity index is 1.66. The summed E-state index contributed by atoms with van der Waals surface area (Å²) in [6.45, 7) is 5.60. The predicted molar refractivity (Wildman–Crippen MR) is 87.1 cm³/mol. The average Bonchev–Trinajstić information content (AvgIpc) is 3.03. The van der Waals surface area contributed by atoms with E-state index in [2.05, 4.69) is 20.2 Å². The van der Waals surface area contributed by atoms with Crippen LogP contribution >= 0.6 is 0 Å². The standard InChI is InChI=1S/C16H24N4O4/c1-12-11-13(14(21)17-5-8-22-2)19-15(18-12)20-6-3-16(4-7-20)23-9-10-24-16/h11H,3-10H2,1-2H3,(H,17,21).